The van der Waals surface area contributed by atoms with Crippen LogP contribution in [-0.4, -0.2) is 18.0 Å². The molecule has 0 spiro atoms. The molecule has 3 nitrogen and oxygen atoms in total. The Kier molecular flexibility index (Phi) is 11.5. The van der Waals surface area contributed by atoms with Crippen molar-refractivity contribution in [3.63, 3.8) is 0 Å². The molecule has 3 heterocycles. The second-order valence-electron chi connectivity index (χ2n) is 14.3. The zero-order chi connectivity index (χ0) is 35.4. The molecule has 0 unspecified atom stereocenters. The number of rotatable bonds is 7. The van der Waals surface area contributed by atoms with Gasteiger partial charge in [-0.25, -0.2) is 0 Å². The van der Waals surface area contributed by atoms with Crippen LogP contribution in [0.15, 0.2) is 150 Å². The van der Waals surface area contributed by atoms with Crippen LogP contribution >= 0.6 is 0 Å². The molecule has 0 aliphatic heterocycles. The van der Waals surface area contributed by atoms with E-state index in [2.05, 4.69) is 160 Å². The molecule has 0 saturated carbocycles. The summed E-state index contributed by atoms with van der Waals surface area (Å²) in [6.45, 7) is 11.5. The van der Waals surface area contributed by atoms with Crippen LogP contribution in [0.1, 0.15) is 36.5 Å². The van der Waals surface area contributed by atoms with Gasteiger partial charge in [0.05, 0.1) is 13.7 Å². The molecule has 0 N–H and O–H groups in total. The Labute approximate surface area is 322 Å². The second-order valence-corrected chi connectivity index (χ2v) is 19.4. The van der Waals surface area contributed by atoms with Crippen LogP contribution < -0.4 is 5.19 Å². The fourth-order valence-corrected chi connectivity index (χ4v) is 8.09. The smallest absolute Gasteiger partial charge is 0.121 e. The third-order valence-electron chi connectivity index (χ3n) is 9.27. The Hall–Kier alpha value is -4.93. The number of hydrogen-bond donors (Lipinski definition) is 0. The summed E-state index contributed by atoms with van der Waals surface area (Å²) in [7, 11) is -1.43. The van der Waals surface area contributed by atoms with E-state index in [0.29, 0.717) is 5.92 Å². The van der Waals surface area contributed by atoms with E-state index in [4.69, 9.17) is 9.40 Å². The van der Waals surface area contributed by atoms with E-state index >= 15 is 0 Å². The van der Waals surface area contributed by atoms with Gasteiger partial charge < -0.3 is 14.4 Å². The van der Waals surface area contributed by atoms with Crippen molar-refractivity contribution in [2.45, 2.75) is 45.8 Å². The SMILES string of the molecule is CC(C)c1ccnc(-c2[c-]ccc3c2oc2cc(-c4ccccc4)ccc23)c1.C[Si](C)(C)c1cnc(-c2[c-]cccc2)cc1Cc1ccccc1.[Ir]. The van der Waals surface area contributed by atoms with Crippen molar-refractivity contribution in [2.75, 3.05) is 0 Å². The van der Waals surface area contributed by atoms with E-state index in [9.17, 15) is 0 Å². The summed E-state index contributed by atoms with van der Waals surface area (Å²) in [5, 5.41) is 3.66. The molecular weight excluding hydrogens is 829 g/mol. The zero-order valence-corrected chi connectivity index (χ0v) is 33.7. The average molecular weight is 871 g/mol. The summed E-state index contributed by atoms with van der Waals surface area (Å²) in [6, 6.07) is 52.6. The summed E-state index contributed by atoms with van der Waals surface area (Å²) < 4.78 is 6.33. The fraction of sp³-hybridized carbons (Fsp3) is 0.149. The van der Waals surface area contributed by atoms with Crippen LogP contribution in [0.3, 0.4) is 0 Å². The van der Waals surface area contributed by atoms with Crippen LogP contribution in [0.2, 0.25) is 19.6 Å². The van der Waals surface area contributed by atoms with Crippen LogP contribution in [0.25, 0.3) is 55.6 Å². The molecule has 1 radical (unpaired) electrons. The first-order chi connectivity index (χ1) is 24.7. The second kappa shape index (κ2) is 16.2. The minimum atomic E-state index is -1.43. The van der Waals surface area contributed by atoms with Gasteiger partial charge in [-0.3, -0.25) is 0 Å². The Morgan fingerprint density at radius 1 is 0.673 bits per heavy atom. The number of nitrogens with zero attached hydrogens (tertiary/aromatic N) is 2. The third-order valence-corrected chi connectivity index (χ3v) is 11.3. The average Bonchev–Trinajstić information content (AvgIpc) is 3.54. The van der Waals surface area contributed by atoms with E-state index in [1.165, 1.54) is 27.4 Å². The molecule has 0 atom stereocenters. The number of fused-ring (bicyclic) bond motifs is 3. The Morgan fingerprint density at radius 2 is 1.42 bits per heavy atom. The number of pyridine rings is 2. The minimum absolute atomic E-state index is 0. The normalized spacial score (nSPS) is 11.3. The first kappa shape index (κ1) is 36.8. The van der Waals surface area contributed by atoms with Crippen molar-refractivity contribution >= 4 is 35.2 Å². The molecule has 3 aromatic heterocycles. The molecule has 0 fully saturated rings. The first-order valence-corrected chi connectivity index (χ1v) is 21.1. The molecule has 8 aromatic rings. The maximum absolute atomic E-state index is 6.33. The topological polar surface area (TPSA) is 38.9 Å². The van der Waals surface area contributed by atoms with Crippen molar-refractivity contribution in [2.24, 2.45) is 0 Å². The van der Waals surface area contributed by atoms with Gasteiger partial charge in [-0.05, 0) is 57.7 Å². The van der Waals surface area contributed by atoms with Gasteiger partial charge in [-0.1, -0.05) is 140 Å². The van der Waals surface area contributed by atoms with E-state index in [1.807, 2.05) is 36.5 Å². The molecule has 0 saturated heterocycles. The maximum Gasteiger partial charge on any atom is 0.121 e. The van der Waals surface area contributed by atoms with Gasteiger partial charge in [-0.2, -0.15) is 0 Å². The van der Waals surface area contributed by atoms with E-state index in [-0.39, 0.29) is 20.1 Å². The third kappa shape index (κ3) is 8.24. The summed E-state index contributed by atoms with van der Waals surface area (Å²) in [6.07, 6.45) is 4.93. The molecule has 0 bridgehead atoms. The molecule has 0 amide bonds. The molecule has 261 valence electrons. The summed E-state index contributed by atoms with van der Waals surface area (Å²) >= 11 is 0. The van der Waals surface area contributed by atoms with E-state index in [0.717, 1.165) is 56.4 Å². The largest absolute Gasteiger partial charge is 0.501 e. The Bertz CT molecular complexity index is 2400. The summed E-state index contributed by atoms with van der Waals surface area (Å²) in [4.78, 5) is 9.31. The predicted molar refractivity (Wildman–Crippen MR) is 216 cm³/mol. The van der Waals surface area contributed by atoms with Gasteiger partial charge >= 0.3 is 0 Å². The molecule has 52 heavy (non-hydrogen) atoms. The first-order valence-electron chi connectivity index (χ1n) is 17.6. The van der Waals surface area contributed by atoms with Crippen LogP contribution in [0.5, 0.6) is 0 Å². The predicted octanol–water partition coefficient (Wildman–Crippen LogP) is 11.9. The Balaban J connectivity index is 0.000000179. The standard InChI is InChI=1S/C26H20NO.C21H22NSi.Ir/c1-17(2)19-13-14-27-24(15-19)23-10-6-9-22-21-12-11-20(16-25(21)28-26(22)23)18-7-4-3-5-8-18;1-23(2,3)21-16-22-20(18-12-8-5-9-13-18)15-19(21)14-17-10-6-4-7-11-17;/h3-9,11-17H,1-2H3;4-12,15-16H,14H2,1-3H3;/q2*-1;. The van der Waals surface area contributed by atoms with Gasteiger partial charge in [-0.15, -0.1) is 54.1 Å². The fourth-order valence-electron chi connectivity index (χ4n) is 6.52. The van der Waals surface area contributed by atoms with Gasteiger partial charge in [0.25, 0.3) is 0 Å². The monoisotopic (exact) mass is 871 g/mol. The Morgan fingerprint density at radius 3 is 2.13 bits per heavy atom. The van der Waals surface area contributed by atoms with E-state index < -0.39 is 8.07 Å². The molecule has 5 aromatic carbocycles. The van der Waals surface area contributed by atoms with Crippen molar-refractivity contribution in [3.8, 4) is 33.6 Å². The maximum atomic E-state index is 6.33. The van der Waals surface area contributed by atoms with Gasteiger partial charge in [0, 0.05) is 37.9 Å². The quantitative estimate of drug-likeness (QED) is 0.118. The molecular formula is C47H42IrN2OSi-2. The van der Waals surface area contributed by atoms with Crippen molar-refractivity contribution < 1.29 is 24.5 Å². The number of aromatic nitrogens is 2. The van der Waals surface area contributed by atoms with Crippen LogP contribution in [0, 0.1) is 12.1 Å². The number of benzene rings is 5. The molecule has 5 heteroatoms. The van der Waals surface area contributed by atoms with Crippen LogP contribution in [0.4, 0.5) is 0 Å². The van der Waals surface area contributed by atoms with Gasteiger partial charge in [0.15, 0.2) is 0 Å². The van der Waals surface area contributed by atoms with Crippen molar-refractivity contribution in [1.82, 2.24) is 9.97 Å². The molecule has 8 rings (SSSR count). The van der Waals surface area contributed by atoms with E-state index in [1.54, 1.807) is 0 Å². The summed E-state index contributed by atoms with van der Waals surface area (Å²) in [5.74, 6) is 0.449. The van der Waals surface area contributed by atoms with Crippen molar-refractivity contribution in [3.05, 3.63) is 175 Å². The van der Waals surface area contributed by atoms with Gasteiger partial charge in [0.1, 0.15) is 5.58 Å². The minimum Gasteiger partial charge on any atom is -0.501 e. The molecule has 0 aliphatic rings. The molecule has 0 aliphatic carbocycles. The summed E-state index contributed by atoms with van der Waals surface area (Å²) in [5.41, 5.74) is 12.0. The number of furan rings is 1. The van der Waals surface area contributed by atoms with Crippen LogP contribution in [-0.2, 0) is 26.5 Å². The number of hydrogen-bond acceptors (Lipinski definition) is 3. The van der Waals surface area contributed by atoms with Crippen molar-refractivity contribution in [1.29, 1.82) is 0 Å². The van der Waals surface area contributed by atoms with Gasteiger partial charge in [0.2, 0.25) is 0 Å². The zero-order valence-electron chi connectivity index (χ0n) is 30.3.